The molecule has 1 fully saturated rings. The van der Waals surface area contributed by atoms with Crippen molar-refractivity contribution in [2.45, 2.75) is 46.5 Å². The number of aryl methyl sites for hydroxylation is 2. The molecule has 1 aromatic rings. The maximum Gasteiger partial charge on any atom is 0.0396 e. The number of rotatable bonds is 3. The van der Waals surface area contributed by atoms with E-state index in [-0.39, 0.29) is 0 Å². The molecule has 0 bridgehead atoms. The lowest BCUT2D eigenvalue weighted by molar-refractivity contribution is 0.378. The summed E-state index contributed by atoms with van der Waals surface area (Å²) < 4.78 is 0. The van der Waals surface area contributed by atoms with E-state index in [0.29, 0.717) is 0 Å². The smallest absolute Gasteiger partial charge is 0.0396 e. The van der Waals surface area contributed by atoms with Crippen LogP contribution in [0.25, 0.3) is 0 Å². The van der Waals surface area contributed by atoms with Crippen LogP contribution in [0.3, 0.4) is 0 Å². The standard InChI is InChI=1S/C16H25N/c1-4-5-15-8-10-17(11-9-15)16-7-6-13(2)12-14(16)3/h6-7,12,15H,4-5,8-11H2,1-3H3. The van der Waals surface area contributed by atoms with Crippen molar-refractivity contribution in [3.8, 4) is 0 Å². The minimum atomic E-state index is 0.974. The quantitative estimate of drug-likeness (QED) is 0.749. The molecule has 1 aliphatic rings. The second kappa shape index (κ2) is 5.57. The monoisotopic (exact) mass is 231 g/mol. The lowest BCUT2D eigenvalue weighted by atomic mass is 9.92. The molecular weight excluding hydrogens is 206 g/mol. The molecule has 17 heavy (non-hydrogen) atoms. The third-order valence-corrected chi connectivity index (χ3v) is 4.00. The zero-order valence-electron chi connectivity index (χ0n) is 11.5. The number of piperidine rings is 1. The van der Waals surface area contributed by atoms with E-state index in [1.807, 2.05) is 0 Å². The van der Waals surface area contributed by atoms with Gasteiger partial charge in [-0.15, -0.1) is 0 Å². The predicted octanol–water partition coefficient (Wildman–Crippen LogP) is 4.32. The highest BCUT2D eigenvalue weighted by Gasteiger charge is 2.19. The van der Waals surface area contributed by atoms with E-state index in [0.717, 1.165) is 5.92 Å². The van der Waals surface area contributed by atoms with E-state index >= 15 is 0 Å². The summed E-state index contributed by atoms with van der Waals surface area (Å²) in [5.41, 5.74) is 4.25. The Bertz CT molecular complexity index is 362. The molecule has 0 N–H and O–H groups in total. The third kappa shape index (κ3) is 3.02. The fourth-order valence-electron chi connectivity index (χ4n) is 3.03. The largest absolute Gasteiger partial charge is 0.371 e. The highest BCUT2D eigenvalue weighted by Crippen LogP contribution is 2.28. The minimum absolute atomic E-state index is 0.974. The van der Waals surface area contributed by atoms with Gasteiger partial charge in [0.05, 0.1) is 0 Å². The van der Waals surface area contributed by atoms with Crippen LogP contribution in [0, 0.1) is 19.8 Å². The van der Waals surface area contributed by atoms with Gasteiger partial charge >= 0.3 is 0 Å². The summed E-state index contributed by atoms with van der Waals surface area (Å²) >= 11 is 0. The molecule has 0 amide bonds. The molecule has 1 aliphatic heterocycles. The van der Waals surface area contributed by atoms with E-state index in [1.54, 1.807) is 0 Å². The molecule has 0 aromatic heterocycles. The molecule has 0 saturated carbocycles. The maximum absolute atomic E-state index is 2.57. The molecule has 0 aliphatic carbocycles. The SMILES string of the molecule is CCCC1CCN(c2ccc(C)cc2C)CC1. The van der Waals surface area contributed by atoms with Gasteiger partial charge in [-0.3, -0.25) is 0 Å². The number of nitrogens with zero attached hydrogens (tertiary/aromatic N) is 1. The van der Waals surface area contributed by atoms with Gasteiger partial charge < -0.3 is 4.90 Å². The lowest BCUT2D eigenvalue weighted by Crippen LogP contribution is -2.34. The summed E-state index contributed by atoms with van der Waals surface area (Å²) in [4.78, 5) is 2.57. The van der Waals surface area contributed by atoms with Crippen LogP contribution < -0.4 is 4.90 Å². The van der Waals surface area contributed by atoms with Crippen LogP contribution in [-0.4, -0.2) is 13.1 Å². The van der Waals surface area contributed by atoms with Crippen LogP contribution in [0.5, 0.6) is 0 Å². The fourth-order valence-corrected chi connectivity index (χ4v) is 3.03. The zero-order valence-corrected chi connectivity index (χ0v) is 11.5. The van der Waals surface area contributed by atoms with Crippen molar-refractivity contribution < 1.29 is 0 Å². The van der Waals surface area contributed by atoms with Crippen molar-refractivity contribution in [1.29, 1.82) is 0 Å². The summed E-state index contributed by atoms with van der Waals surface area (Å²) in [5.74, 6) is 0.974. The molecule has 0 unspecified atom stereocenters. The van der Waals surface area contributed by atoms with Gasteiger partial charge in [0, 0.05) is 18.8 Å². The van der Waals surface area contributed by atoms with Crippen LogP contribution in [0.2, 0.25) is 0 Å². The Balaban J connectivity index is 2.00. The highest BCUT2D eigenvalue weighted by molar-refractivity contribution is 5.54. The zero-order chi connectivity index (χ0) is 12.3. The maximum atomic E-state index is 2.57. The molecule has 1 heterocycles. The van der Waals surface area contributed by atoms with Gasteiger partial charge in [-0.1, -0.05) is 37.5 Å². The molecule has 1 nitrogen and oxygen atoms in total. The summed E-state index contributed by atoms with van der Waals surface area (Å²) in [6.45, 7) is 9.20. The lowest BCUT2D eigenvalue weighted by Gasteiger charge is -2.34. The molecule has 2 rings (SSSR count). The van der Waals surface area contributed by atoms with Crippen molar-refractivity contribution in [3.63, 3.8) is 0 Å². The average Bonchev–Trinajstić information content (AvgIpc) is 2.31. The number of anilines is 1. The first-order chi connectivity index (χ1) is 8.20. The fraction of sp³-hybridized carbons (Fsp3) is 0.625. The minimum Gasteiger partial charge on any atom is -0.371 e. The van der Waals surface area contributed by atoms with Gasteiger partial charge in [-0.2, -0.15) is 0 Å². The Hall–Kier alpha value is -0.980. The van der Waals surface area contributed by atoms with Gasteiger partial charge in [0.2, 0.25) is 0 Å². The summed E-state index contributed by atoms with van der Waals surface area (Å²) in [7, 11) is 0. The average molecular weight is 231 g/mol. The summed E-state index contributed by atoms with van der Waals surface area (Å²) in [6, 6.07) is 6.83. The number of benzene rings is 1. The number of hydrogen-bond donors (Lipinski definition) is 0. The van der Waals surface area contributed by atoms with Crippen LogP contribution in [-0.2, 0) is 0 Å². The Kier molecular flexibility index (Phi) is 4.09. The van der Waals surface area contributed by atoms with E-state index in [4.69, 9.17) is 0 Å². The van der Waals surface area contributed by atoms with Crippen LogP contribution in [0.15, 0.2) is 18.2 Å². The molecule has 1 saturated heterocycles. The third-order valence-electron chi connectivity index (χ3n) is 4.00. The highest BCUT2D eigenvalue weighted by atomic mass is 15.1. The van der Waals surface area contributed by atoms with Crippen molar-refractivity contribution in [2.75, 3.05) is 18.0 Å². The Labute approximate surface area is 106 Å². The predicted molar refractivity (Wildman–Crippen MR) is 75.8 cm³/mol. The van der Waals surface area contributed by atoms with Gasteiger partial charge in [0.25, 0.3) is 0 Å². The second-order valence-corrected chi connectivity index (χ2v) is 5.51. The van der Waals surface area contributed by atoms with E-state index < -0.39 is 0 Å². The molecule has 0 spiro atoms. The van der Waals surface area contributed by atoms with Gasteiger partial charge in [-0.25, -0.2) is 0 Å². The summed E-state index contributed by atoms with van der Waals surface area (Å²) in [6.07, 6.45) is 5.51. The van der Waals surface area contributed by atoms with Crippen molar-refractivity contribution in [1.82, 2.24) is 0 Å². The normalized spacial score (nSPS) is 17.5. The van der Waals surface area contributed by atoms with Gasteiger partial charge in [0.15, 0.2) is 0 Å². The topological polar surface area (TPSA) is 3.24 Å². The van der Waals surface area contributed by atoms with Crippen molar-refractivity contribution >= 4 is 5.69 Å². The van der Waals surface area contributed by atoms with E-state index in [9.17, 15) is 0 Å². The Morgan fingerprint density at radius 3 is 2.47 bits per heavy atom. The van der Waals surface area contributed by atoms with Crippen LogP contribution in [0.4, 0.5) is 5.69 Å². The van der Waals surface area contributed by atoms with Crippen LogP contribution >= 0.6 is 0 Å². The molecule has 0 atom stereocenters. The van der Waals surface area contributed by atoms with Crippen molar-refractivity contribution in [3.05, 3.63) is 29.3 Å². The molecule has 0 radical (unpaired) electrons. The second-order valence-electron chi connectivity index (χ2n) is 5.51. The van der Waals surface area contributed by atoms with Crippen molar-refractivity contribution in [2.24, 2.45) is 5.92 Å². The molecular formula is C16H25N. The molecule has 1 heteroatoms. The summed E-state index contributed by atoms with van der Waals surface area (Å²) in [5, 5.41) is 0. The Morgan fingerprint density at radius 2 is 1.88 bits per heavy atom. The first-order valence-corrected chi connectivity index (χ1v) is 7.03. The van der Waals surface area contributed by atoms with Gasteiger partial charge in [0.1, 0.15) is 0 Å². The number of hydrogen-bond acceptors (Lipinski definition) is 1. The Morgan fingerprint density at radius 1 is 1.18 bits per heavy atom. The van der Waals surface area contributed by atoms with E-state index in [1.165, 1.54) is 55.6 Å². The first-order valence-electron chi connectivity index (χ1n) is 7.03. The van der Waals surface area contributed by atoms with Gasteiger partial charge in [-0.05, 0) is 44.2 Å². The molecule has 1 aromatic carbocycles. The first kappa shape index (κ1) is 12.5. The molecule has 94 valence electrons. The van der Waals surface area contributed by atoms with E-state index in [2.05, 4.69) is 43.9 Å². The van der Waals surface area contributed by atoms with Crippen LogP contribution in [0.1, 0.15) is 43.7 Å².